The quantitative estimate of drug-likeness (QED) is 0.663. The lowest BCUT2D eigenvalue weighted by molar-refractivity contribution is -0.122. The van der Waals surface area contributed by atoms with E-state index in [1.54, 1.807) is 39.0 Å². The molecule has 0 spiro atoms. The van der Waals surface area contributed by atoms with Gasteiger partial charge in [-0.05, 0) is 18.2 Å². The predicted molar refractivity (Wildman–Crippen MR) is 78.2 cm³/mol. The summed E-state index contributed by atoms with van der Waals surface area (Å²) in [5.41, 5.74) is 0.0745. The molecule has 0 fully saturated rings. The molecule has 0 amide bonds. The topological polar surface area (TPSA) is 52.9 Å². The molecule has 0 aliphatic rings. The number of hydrogen-bond acceptors (Lipinski definition) is 3. The molecule has 0 unspecified atom stereocenters. The number of allylic oxidation sites excluding steroid dienone is 1. The molecule has 0 radical (unpaired) electrons. The molecule has 1 aromatic rings. The van der Waals surface area contributed by atoms with Gasteiger partial charge in [0.05, 0.1) is 0 Å². The summed E-state index contributed by atoms with van der Waals surface area (Å²) >= 11 is 11.7. The molecule has 0 saturated carbocycles. The van der Waals surface area contributed by atoms with Gasteiger partial charge in [-0.1, -0.05) is 44.0 Å². The van der Waals surface area contributed by atoms with Crippen LogP contribution in [0.5, 0.6) is 0 Å². The van der Waals surface area contributed by atoms with Gasteiger partial charge in [-0.2, -0.15) is 5.26 Å². The minimum atomic E-state index is -0.602. The lowest BCUT2D eigenvalue weighted by Crippen LogP contribution is -2.22. The van der Waals surface area contributed by atoms with Gasteiger partial charge in [-0.15, -0.1) is 0 Å². The molecule has 19 heavy (non-hydrogen) atoms. The highest BCUT2D eigenvalue weighted by molar-refractivity contribution is 6.35. The molecule has 0 aromatic heterocycles. The van der Waals surface area contributed by atoms with Crippen LogP contribution < -0.4 is 5.32 Å². The largest absolute Gasteiger partial charge is 0.360 e. The van der Waals surface area contributed by atoms with E-state index in [2.05, 4.69) is 5.32 Å². The maximum Gasteiger partial charge on any atom is 0.180 e. The summed E-state index contributed by atoms with van der Waals surface area (Å²) in [5.74, 6) is -0.226. The molecule has 0 aliphatic heterocycles. The third-order valence-electron chi connectivity index (χ3n) is 2.29. The Morgan fingerprint density at radius 2 is 1.79 bits per heavy atom. The van der Waals surface area contributed by atoms with Crippen molar-refractivity contribution in [3.05, 3.63) is 40.0 Å². The van der Waals surface area contributed by atoms with Gasteiger partial charge in [0, 0.05) is 27.3 Å². The van der Waals surface area contributed by atoms with Crippen LogP contribution in [0.25, 0.3) is 0 Å². The Morgan fingerprint density at radius 1 is 1.26 bits per heavy atom. The standard InChI is InChI=1S/C14H14Cl2N2O/c1-14(2,3)13(19)9(7-17)8-18-12-5-10(15)4-11(16)6-12/h4-6,8,18H,1-3H3. The first-order valence-corrected chi connectivity index (χ1v) is 6.37. The van der Waals surface area contributed by atoms with Crippen molar-refractivity contribution < 1.29 is 4.79 Å². The number of nitriles is 1. The third-order valence-corrected chi connectivity index (χ3v) is 2.73. The summed E-state index contributed by atoms with van der Waals surface area (Å²) in [6.07, 6.45) is 1.37. The van der Waals surface area contributed by atoms with Crippen LogP contribution in [0.2, 0.25) is 10.0 Å². The molecule has 5 heteroatoms. The van der Waals surface area contributed by atoms with Crippen LogP contribution in [0.4, 0.5) is 5.69 Å². The minimum Gasteiger partial charge on any atom is -0.360 e. The molecule has 3 nitrogen and oxygen atoms in total. The van der Waals surface area contributed by atoms with Crippen LogP contribution in [0, 0.1) is 16.7 Å². The van der Waals surface area contributed by atoms with Crippen LogP contribution in [0.1, 0.15) is 20.8 Å². The number of carbonyl (C=O) groups excluding carboxylic acids is 1. The predicted octanol–water partition coefficient (Wildman–Crippen LogP) is 4.43. The van der Waals surface area contributed by atoms with Crippen LogP contribution in [-0.4, -0.2) is 5.78 Å². The molecule has 100 valence electrons. The number of nitrogens with one attached hydrogen (secondary N) is 1. The van der Waals surface area contributed by atoms with Crippen LogP contribution in [0.15, 0.2) is 30.0 Å². The van der Waals surface area contributed by atoms with Crippen LogP contribution >= 0.6 is 23.2 Å². The van der Waals surface area contributed by atoms with Gasteiger partial charge in [0.25, 0.3) is 0 Å². The summed E-state index contributed by atoms with van der Waals surface area (Å²) < 4.78 is 0. The SMILES string of the molecule is CC(C)(C)C(=O)C(C#N)=CNc1cc(Cl)cc(Cl)c1. The Hall–Kier alpha value is -1.50. The Morgan fingerprint density at radius 3 is 2.21 bits per heavy atom. The second-order valence-electron chi connectivity index (χ2n) is 5.05. The fraction of sp³-hybridized carbons (Fsp3) is 0.286. The number of ketones is 1. The molecular formula is C14H14Cl2N2O. The number of Topliss-reactive ketones (excluding diaryl/α,β-unsaturated/α-hetero) is 1. The van der Waals surface area contributed by atoms with E-state index in [9.17, 15) is 4.79 Å². The van der Waals surface area contributed by atoms with Crippen molar-refractivity contribution in [1.82, 2.24) is 0 Å². The van der Waals surface area contributed by atoms with Gasteiger partial charge < -0.3 is 5.32 Å². The van der Waals surface area contributed by atoms with Crippen molar-refractivity contribution in [3.63, 3.8) is 0 Å². The number of rotatable bonds is 3. The zero-order valence-electron chi connectivity index (χ0n) is 10.9. The molecule has 0 bridgehead atoms. The second-order valence-corrected chi connectivity index (χ2v) is 5.92. The first-order chi connectivity index (χ1) is 8.74. The molecule has 0 atom stereocenters. The lowest BCUT2D eigenvalue weighted by atomic mass is 9.87. The summed E-state index contributed by atoms with van der Waals surface area (Å²) in [6.45, 7) is 5.28. The first-order valence-electron chi connectivity index (χ1n) is 5.62. The average Bonchev–Trinajstić information content (AvgIpc) is 2.27. The molecular weight excluding hydrogens is 283 g/mol. The van der Waals surface area contributed by atoms with E-state index in [-0.39, 0.29) is 11.4 Å². The lowest BCUT2D eigenvalue weighted by Gasteiger charge is -2.15. The van der Waals surface area contributed by atoms with Crippen molar-refractivity contribution in [1.29, 1.82) is 5.26 Å². The fourth-order valence-electron chi connectivity index (χ4n) is 1.35. The van der Waals surface area contributed by atoms with Crippen LogP contribution in [0.3, 0.4) is 0 Å². The Bertz CT molecular complexity index is 546. The van der Waals surface area contributed by atoms with E-state index in [0.717, 1.165) is 0 Å². The Balaban J connectivity index is 2.96. The molecule has 1 rings (SSSR count). The van der Waals surface area contributed by atoms with Crippen molar-refractivity contribution in [3.8, 4) is 6.07 Å². The van der Waals surface area contributed by atoms with E-state index in [4.69, 9.17) is 28.5 Å². The summed E-state index contributed by atoms with van der Waals surface area (Å²) in [4.78, 5) is 12.0. The van der Waals surface area contributed by atoms with E-state index in [1.165, 1.54) is 6.20 Å². The Kier molecular flexibility index (Phi) is 4.99. The minimum absolute atomic E-state index is 0.0589. The van der Waals surface area contributed by atoms with E-state index < -0.39 is 5.41 Å². The smallest absolute Gasteiger partial charge is 0.180 e. The van der Waals surface area contributed by atoms with Crippen LogP contribution in [-0.2, 0) is 4.79 Å². The molecule has 1 aromatic carbocycles. The first kappa shape index (κ1) is 15.6. The van der Waals surface area contributed by atoms with E-state index in [0.29, 0.717) is 15.7 Å². The summed E-state index contributed by atoms with van der Waals surface area (Å²) in [5, 5.41) is 12.8. The highest BCUT2D eigenvalue weighted by Crippen LogP contribution is 2.23. The molecule has 0 saturated heterocycles. The maximum absolute atomic E-state index is 12.0. The number of nitrogens with zero attached hydrogens (tertiary/aromatic N) is 1. The normalized spacial score (nSPS) is 11.9. The van der Waals surface area contributed by atoms with Crippen molar-refractivity contribution in [2.24, 2.45) is 5.41 Å². The third kappa shape index (κ3) is 4.59. The van der Waals surface area contributed by atoms with Gasteiger partial charge in [0.2, 0.25) is 0 Å². The van der Waals surface area contributed by atoms with Gasteiger partial charge in [-0.25, -0.2) is 0 Å². The van der Waals surface area contributed by atoms with E-state index >= 15 is 0 Å². The van der Waals surface area contributed by atoms with Crippen molar-refractivity contribution in [2.75, 3.05) is 5.32 Å². The number of carbonyl (C=O) groups is 1. The van der Waals surface area contributed by atoms with Crippen molar-refractivity contribution >= 4 is 34.7 Å². The number of hydrogen-bond donors (Lipinski definition) is 1. The highest BCUT2D eigenvalue weighted by atomic mass is 35.5. The zero-order chi connectivity index (χ0) is 14.6. The van der Waals surface area contributed by atoms with Crippen molar-refractivity contribution in [2.45, 2.75) is 20.8 Å². The highest BCUT2D eigenvalue weighted by Gasteiger charge is 2.24. The number of anilines is 1. The molecule has 0 heterocycles. The van der Waals surface area contributed by atoms with E-state index in [1.807, 2.05) is 6.07 Å². The van der Waals surface area contributed by atoms with Gasteiger partial charge in [-0.3, -0.25) is 4.79 Å². The second kappa shape index (κ2) is 6.10. The van der Waals surface area contributed by atoms with Gasteiger partial charge in [0.1, 0.15) is 11.6 Å². The number of halogens is 2. The average molecular weight is 297 g/mol. The Labute approximate surface area is 122 Å². The van der Waals surface area contributed by atoms with Gasteiger partial charge in [0.15, 0.2) is 5.78 Å². The summed E-state index contributed by atoms with van der Waals surface area (Å²) in [6, 6.07) is 6.80. The van der Waals surface area contributed by atoms with Gasteiger partial charge >= 0.3 is 0 Å². The number of benzene rings is 1. The monoisotopic (exact) mass is 296 g/mol. The fourth-order valence-corrected chi connectivity index (χ4v) is 1.87. The summed E-state index contributed by atoms with van der Waals surface area (Å²) in [7, 11) is 0. The zero-order valence-corrected chi connectivity index (χ0v) is 12.4. The molecule has 0 aliphatic carbocycles. The maximum atomic E-state index is 12.0. The molecule has 1 N–H and O–H groups in total.